The smallest absolute Gasteiger partial charge is 0.222 e. The van der Waals surface area contributed by atoms with E-state index in [2.05, 4.69) is 15.0 Å². The lowest BCUT2D eigenvalue weighted by Crippen LogP contribution is -2.67. The van der Waals surface area contributed by atoms with E-state index in [0.29, 0.717) is 6.42 Å². The molecule has 1 aromatic carbocycles. The van der Waals surface area contributed by atoms with E-state index in [4.69, 9.17) is 16.1 Å². The quantitative estimate of drug-likeness (QED) is 0.755. The normalized spacial score (nSPS) is 22.5. The molecule has 5 nitrogen and oxygen atoms in total. The average Bonchev–Trinajstić information content (AvgIpc) is 3.02. The van der Waals surface area contributed by atoms with Crippen LogP contribution >= 0.6 is 11.6 Å². The van der Waals surface area contributed by atoms with Crippen LogP contribution in [-0.4, -0.2) is 46.0 Å². The maximum Gasteiger partial charge on any atom is 0.222 e. The van der Waals surface area contributed by atoms with E-state index < -0.39 is 0 Å². The van der Waals surface area contributed by atoms with Crippen molar-refractivity contribution in [3.63, 3.8) is 0 Å². The maximum absolute atomic E-state index is 12.9. The van der Waals surface area contributed by atoms with Crippen molar-refractivity contribution >= 4 is 17.5 Å². The van der Waals surface area contributed by atoms with Crippen LogP contribution in [0.5, 0.6) is 0 Å². The molecule has 0 N–H and O–H groups in total. The number of amides is 1. The topological polar surface area (TPSA) is 49.6 Å². The van der Waals surface area contributed by atoms with Gasteiger partial charge in [0.15, 0.2) is 0 Å². The van der Waals surface area contributed by atoms with E-state index >= 15 is 0 Å². The molecule has 2 aliphatic rings. The summed E-state index contributed by atoms with van der Waals surface area (Å²) in [6.45, 7) is 7.65. The molecule has 1 atom stereocenters. The Morgan fingerprint density at radius 1 is 1.21 bits per heavy atom. The van der Waals surface area contributed by atoms with Crippen LogP contribution in [0, 0.1) is 13.8 Å². The molecule has 2 fully saturated rings. The van der Waals surface area contributed by atoms with Crippen molar-refractivity contribution in [3.05, 3.63) is 51.9 Å². The number of hydrogen-bond donors (Lipinski definition) is 0. The third-order valence-electron chi connectivity index (χ3n) is 6.50. The summed E-state index contributed by atoms with van der Waals surface area (Å²) in [5.41, 5.74) is 3.47. The lowest BCUT2D eigenvalue weighted by Gasteiger charge is -2.57. The van der Waals surface area contributed by atoms with E-state index in [1.807, 2.05) is 38.1 Å². The molecule has 2 saturated heterocycles. The van der Waals surface area contributed by atoms with E-state index in [1.54, 1.807) is 0 Å². The number of piperidine rings is 1. The Labute approximate surface area is 171 Å². The predicted octanol–water partition coefficient (Wildman–Crippen LogP) is 4.14. The molecule has 1 aromatic heterocycles. The highest BCUT2D eigenvalue weighted by Crippen LogP contribution is 2.40. The summed E-state index contributed by atoms with van der Waals surface area (Å²) in [5.74, 6) is 1.17. The van der Waals surface area contributed by atoms with Crippen molar-refractivity contribution in [2.45, 2.75) is 58.0 Å². The van der Waals surface area contributed by atoms with Crippen LogP contribution in [0.15, 0.2) is 28.8 Å². The molecule has 1 spiro atoms. The highest BCUT2D eigenvalue weighted by atomic mass is 35.5. The van der Waals surface area contributed by atoms with Gasteiger partial charge in [-0.3, -0.25) is 9.69 Å². The number of carbonyl (C=O) groups is 1. The van der Waals surface area contributed by atoms with Crippen molar-refractivity contribution < 1.29 is 9.32 Å². The van der Waals surface area contributed by atoms with Crippen LogP contribution in [-0.2, 0) is 17.8 Å². The molecule has 3 heterocycles. The van der Waals surface area contributed by atoms with E-state index in [1.165, 1.54) is 5.56 Å². The largest absolute Gasteiger partial charge is 0.361 e. The summed E-state index contributed by atoms with van der Waals surface area (Å²) in [5, 5.41) is 4.82. The van der Waals surface area contributed by atoms with Crippen molar-refractivity contribution in [2.24, 2.45) is 0 Å². The van der Waals surface area contributed by atoms with Gasteiger partial charge in [-0.25, -0.2) is 0 Å². The third kappa shape index (κ3) is 3.83. The predicted molar refractivity (Wildman–Crippen MR) is 109 cm³/mol. The van der Waals surface area contributed by atoms with Crippen molar-refractivity contribution in [2.75, 3.05) is 19.6 Å². The Morgan fingerprint density at radius 2 is 2.00 bits per heavy atom. The molecule has 1 unspecified atom stereocenters. The fraction of sp³-hybridized carbons (Fsp3) is 0.545. The molecular weight excluding hydrogens is 374 g/mol. The van der Waals surface area contributed by atoms with Crippen LogP contribution in [0.3, 0.4) is 0 Å². The molecule has 0 saturated carbocycles. The Balaban J connectivity index is 1.37. The summed E-state index contributed by atoms with van der Waals surface area (Å²) in [4.78, 5) is 17.5. The lowest BCUT2D eigenvalue weighted by molar-refractivity contribution is -0.140. The first kappa shape index (κ1) is 19.5. The molecular formula is C22H28ClN3O2. The number of carbonyl (C=O) groups excluding carboxylic acids is 1. The van der Waals surface area contributed by atoms with Crippen molar-refractivity contribution in [3.8, 4) is 0 Å². The molecule has 0 radical (unpaired) electrons. The van der Waals surface area contributed by atoms with Gasteiger partial charge in [0.2, 0.25) is 5.91 Å². The molecule has 28 heavy (non-hydrogen) atoms. The summed E-state index contributed by atoms with van der Waals surface area (Å²) >= 11 is 5.94. The second-order valence-corrected chi connectivity index (χ2v) is 8.68. The van der Waals surface area contributed by atoms with Crippen LogP contribution in [0.4, 0.5) is 0 Å². The number of halogens is 1. The number of aryl methyl sites for hydroxylation is 3. The molecule has 0 aliphatic carbocycles. The van der Waals surface area contributed by atoms with Gasteiger partial charge in [-0.15, -0.1) is 0 Å². The Morgan fingerprint density at radius 3 is 2.64 bits per heavy atom. The fourth-order valence-electron chi connectivity index (χ4n) is 4.60. The van der Waals surface area contributed by atoms with Gasteiger partial charge < -0.3 is 9.42 Å². The number of likely N-dealkylation sites (tertiary alicyclic amines) is 2. The van der Waals surface area contributed by atoms with E-state index in [9.17, 15) is 4.79 Å². The number of rotatable bonds is 5. The zero-order valence-corrected chi connectivity index (χ0v) is 17.5. The number of nitrogens with zero attached hydrogens (tertiary/aromatic N) is 3. The third-order valence-corrected chi connectivity index (χ3v) is 6.75. The summed E-state index contributed by atoms with van der Waals surface area (Å²) in [6, 6.07) is 7.78. The van der Waals surface area contributed by atoms with Gasteiger partial charge in [0.05, 0.1) is 5.69 Å². The minimum Gasteiger partial charge on any atom is -0.361 e. The van der Waals surface area contributed by atoms with E-state index in [0.717, 1.165) is 73.9 Å². The standard InChI is InChI=1S/C22H28ClN3O2/c1-16-20(17(2)28-24-16)14-26-13-11-22(26)10-3-12-25(15-22)21(27)9-6-18-4-7-19(23)8-5-18/h4-5,7-8H,3,6,9-15H2,1-2H3. The van der Waals surface area contributed by atoms with Gasteiger partial charge in [-0.05, 0) is 57.2 Å². The molecule has 2 aromatic rings. The van der Waals surface area contributed by atoms with Gasteiger partial charge in [0, 0.05) is 48.7 Å². The molecule has 1 amide bonds. The van der Waals surface area contributed by atoms with Gasteiger partial charge in [0.25, 0.3) is 0 Å². The van der Waals surface area contributed by atoms with Gasteiger partial charge in [0.1, 0.15) is 5.76 Å². The van der Waals surface area contributed by atoms with Gasteiger partial charge in [-0.1, -0.05) is 28.9 Å². The Hall–Kier alpha value is -1.85. The number of aromatic nitrogens is 1. The monoisotopic (exact) mass is 401 g/mol. The average molecular weight is 402 g/mol. The zero-order chi connectivity index (χ0) is 19.7. The lowest BCUT2D eigenvalue weighted by atomic mass is 9.77. The SMILES string of the molecule is Cc1noc(C)c1CN1CCC12CCCN(C(=O)CCc1ccc(Cl)cc1)C2. The molecule has 6 heteroatoms. The van der Waals surface area contributed by atoms with Crippen LogP contribution in [0.25, 0.3) is 0 Å². The fourth-order valence-corrected chi connectivity index (χ4v) is 4.73. The first-order chi connectivity index (χ1) is 13.5. The van der Waals surface area contributed by atoms with Gasteiger partial charge >= 0.3 is 0 Å². The maximum atomic E-state index is 12.9. The van der Waals surface area contributed by atoms with Crippen LogP contribution in [0.2, 0.25) is 5.02 Å². The van der Waals surface area contributed by atoms with E-state index in [-0.39, 0.29) is 11.4 Å². The first-order valence-corrected chi connectivity index (χ1v) is 10.5. The number of benzene rings is 1. The molecule has 4 rings (SSSR count). The van der Waals surface area contributed by atoms with Crippen molar-refractivity contribution in [1.29, 1.82) is 0 Å². The summed E-state index contributed by atoms with van der Waals surface area (Å²) in [7, 11) is 0. The second-order valence-electron chi connectivity index (χ2n) is 8.24. The molecule has 150 valence electrons. The first-order valence-electron chi connectivity index (χ1n) is 10.2. The highest BCUT2D eigenvalue weighted by molar-refractivity contribution is 6.30. The molecule has 0 bridgehead atoms. The zero-order valence-electron chi connectivity index (χ0n) is 16.7. The molecule has 2 aliphatic heterocycles. The minimum absolute atomic E-state index is 0.129. The second kappa shape index (κ2) is 7.88. The van der Waals surface area contributed by atoms with Crippen LogP contribution in [0.1, 0.15) is 48.3 Å². The highest BCUT2D eigenvalue weighted by Gasteiger charge is 2.48. The van der Waals surface area contributed by atoms with Crippen molar-refractivity contribution in [1.82, 2.24) is 15.0 Å². The summed E-state index contributed by atoms with van der Waals surface area (Å²) in [6.07, 6.45) is 4.73. The Kier molecular flexibility index (Phi) is 5.48. The minimum atomic E-state index is 0.129. The number of hydrogen-bond acceptors (Lipinski definition) is 4. The summed E-state index contributed by atoms with van der Waals surface area (Å²) < 4.78 is 5.33. The van der Waals surface area contributed by atoms with Crippen LogP contribution < -0.4 is 0 Å². The Bertz CT molecular complexity index is 828. The van der Waals surface area contributed by atoms with Gasteiger partial charge in [-0.2, -0.15) is 0 Å².